The Bertz CT molecular complexity index is 627. The highest BCUT2D eigenvalue weighted by atomic mass is 32.3. The van der Waals surface area contributed by atoms with Crippen LogP contribution in [-0.4, -0.2) is 27.4 Å². The van der Waals surface area contributed by atoms with E-state index in [2.05, 4.69) is 4.98 Å². The van der Waals surface area contributed by atoms with E-state index in [4.69, 9.17) is 17.5 Å². The molecule has 0 bridgehead atoms. The van der Waals surface area contributed by atoms with E-state index in [0.29, 0.717) is 0 Å². The number of aromatic nitrogens is 1. The van der Waals surface area contributed by atoms with Gasteiger partial charge in [0.15, 0.2) is 0 Å². The number of nitro groups is 1. The Morgan fingerprint density at radius 1 is 1.35 bits per heavy atom. The molecule has 0 atom stereocenters. The van der Waals surface area contributed by atoms with Crippen molar-refractivity contribution in [2.24, 2.45) is 0 Å². The first kappa shape index (κ1) is 13.4. The molecule has 0 unspecified atom stereocenters. The molecule has 0 amide bonds. The van der Waals surface area contributed by atoms with Crippen molar-refractivity contribution in [3.63, 3.8) is 0 Å². The van der Waals surface area contributed by atoms with Crippen molar-refractivity contribution in [2.75, 3.05) is 0 Å². The number of rotatable bonds is 1. The number of hydrogen-bond acceptors (Lipinski definition) is 6. The molecule has 2 aromatic rings. The van der Waals surface area contributed by atoms with E-state index in [1.807, 2.05) is 0 Å². The van der Waals surface area contributed by atoms with Crippen molar-refractivity contribution in [3.05, 3.63) is 33.8 Å². The second-order valence-corrected chi connectivity index (χ2v) is 4.49. The zero-order valence-electron chi connectivity index (χ0n) is 8.05. The lowest BCUT2D eigenvalue weighted by atomic mass is 10.3. The van der Waals surface area contributed by atoms with Crippen LogP contribution in [0, 0.1) is 10.1 Å². The smallest absolute Gasteiger partial charge is 0.264 e. The fourth-order valence-corrected chi connectivity index (χ4v) is 1.67. The maximum atomic E-state index is 10.4. The minimum absolute atomic E-state index is 0.117. The highest BCUT2D eigenvalue weighted by Gasteiger charge is 2.06. The van der Waals surface area contributed by atoms with Crippen LogP contribution >= 0.6 is 11.3 Å². The lowest BCUT2D eigenvalue weighted by Gasteiger charge is -1.89. The molecule has 0 saturated heterocycles. The number of non-ortho nitro benzene ring substituents is 1. The molecule has 2 N–H and O–H groups in total. The van der Waals surface area contributed by atoms with Crippen LogP contribution in [0.5, 0.6) is 0 Å². The van der Waals surface area contributed by atoms with Gasteiger partial charge in [-0.25, -0.2) is 4.98 Å². The fourth-order valence-electron chi connectivity index (χ4n) is 0.957. The first-order valence-corrected chi connectivity index (χ1v) is 6.22. The standard InChI is InChI=1S/C7H4N2O2S.H2O4S/c10-9(11)5-1-2-6-7(3-5)12-4-8-6;1-5(2,3)4/h1-4H;(H2,1,2,3,4). The first-order valence-electron chi connectivity index (χ1n) is 3.95. The molecule has 0 aliphatic carbocycles. The van der Waals surface area contributed by atoms with Gasteiger partial charge in [-0.15, -0.1) is 11.3 Å². The SMILES string of the molecule is O=S(=O)(O)O.O=[N+]([O-])c1ccc2ncsc2c1. The second kappa shape index (κ2) is 5.14. The summed E-state index contributed by atoms with van der Waals surface area (Å²) in [5, 5.41) is 10.4. The normalized spacial score (nSPS) is 10.7. The van der Waals surface area contributed by atoms with E-state index in [0.717, 1.165) is 10.2 Å². The third-order valence-electron chi connectivity index (χ3n) is 1.53. The second-order valence-electron chi connectivity index (χ2n) is 2.71. The van der Waals surface area contributed by atoms with E-state index in [9.17, 15) is 10.1 Å². The average Bonchev–Trinajstić information content (AvgIpc) is 2.60. The van der Waals surface area contributed by atoms with Gasteiger partial charge in [0.05, 0.1) is 20.7 Å². The zero-order chi connectivity index (χ0) is 13.1. The van der Waals surface area contributed by atoms with Crippen molar-refractivity contribution in [1.29, 1.82) is 0 Å². The fraction of sp³-hybridized carbons (Fsp3) is 0. The quantitative estimate of drug-likeness (QED) is 0.459. The van der Waals surface area contributed by atoms with Crippen LogP contribution in [0.25, 0.3) is 10.2 Å². The highest BCUT2D eigenvalue weighted by Crippen LogP contribution is 2.22. The number of hydrogen-bond donors (Lipinski definition) is 2. The number of fused-ring (bicyclic) bond motifs is 1. The summed E-state index contributed by atoms with van der Waals surface area (Å²) in [5.74, 6) is 0. The number of thiazole rings is 1. The van der Waals surface area contributed by atoms with Crippen molar-refractivity contribution in [1.82, 2.24) is 4.98 Å². The summed E-state index contributed by atoms with van der Waals surface area (Å²) < 4.78 is 32.4. The van der Waals surface area contributed by atoms with Gasteiger partial charge in [0, 0.05) is 12.1 Å². The molecule has 0 saturated carbocycles. The average molecular weight is 278 g/mol. The molecule has 8 nitrogen and oxygen atoms in total. The van der Waals surface area contributed by atoms with Crippen LogP contribution in [0.15, 0.2) is 23.7 Å². The molecule has 0 radical (unpaired) electrons. The Labute approximate surface area is 99.3 Å². The zero-order valence-corrected chi connectivity index (χ0v) is 9.68. The van der Waals surface area contributed by atoms with E-state index < -0.39 is 15.3 Å². The largest absolute Gasteiger partial charge is 0.394 e. The van der Waals surface area contributed by atoms with Crippen LogP contribution in [-0.2, 0) is 10.4 Å². The van der Waals surface area contributed by atoms with Gasteiger partial charge >= 0.3 is 10.4 Å². The molecule has 0 aliphatic heterocycles. The lowest BCUT2D eigenvalue weighted by Crippen LogP contribution is -1.89. The summed E-state index contributed by atoms with van der Waals surface area (Å²) in [4.78, 5) is 14.0. The molecule has 1 aromatic carbocycles. The molecule has 17 heavy (non-hydrogen) atoms. The third-order valence-corrected chi connectivity index (χ3v) is 2.32. The highest BCUT2D eigenvalue weighted by molar-refractivity contribution is 7.79. The lowest BCUT2D eigenvalue weighted by molar-refractivity contribution is -0.384. The Balaban J connectivity index is 0.000000249. The molecule has 1 heterocycles. The molecule has 10 heteroatoms. The minimum Gasteiger partial charge on any atom is -0.264 e. The summed E-state index contributed by atoms with van der Waals surface area (Å²) in [7, 11) is -4.67. The van der Waals surface area contributed by atoms with Gasteiger partial charge in [0.25, 0.3) is 5.69 Å². The summed E-state index contributed by atoms with van der Waals surface area (Å²) >= 11 is 1.40. The number of nitrogens with zero attached hydrogens (tertiary/aromatic N) is 2. The third kappa shape index (κ3) is 4.82. The van der Waals surface area contributed by atoms with Gasteiger partial charge in [-0.1, -0.05) is 0 Å². The minimum atomic E-state index is -4.67. The van der Waals surface area contributed by atoms with Gasteiger partial charge in [-0.3, -0.25) is 19.2 Å². The Kier molecular flexibility index (Phi) is 4.07. The van der Waals surface area contributed by atoms with Crippen molar-refractivity contribution in [3.8, 4) is 0 Å². The van der Waals surface area contributed by atoms with E-state index in [1.54, 1.807) is 11.6 Å². The molecule has 92 valence electrons. The van der Waals surface area contributed by atoms with Crippen LogP contribution in [0.3, 0.4) is 0 Å². The van der Waals surface area contributed by atoms with Crippen LogP contribution < -0.4 is 0 Å². The van der Waals surface area contributed by atoms with E-state index >= 15 is 0 Å². The first-order chi connectivity index (χ1) is 7.77. The Hall–Kier alpha value is -1.62. The predicted octanol–water partition coefficient (Wildman–Crippen LogP) is 1.55. The van der Waals surface area contributed by atoms with Gasteiger partial charge in [0.1, 0.15) is 0 Å². The maximum Gasteiger partial charge on any atom is 0.394 e. The molecule has 0 fully saturated rings. The molecular weight excluding hydrogens is 272 g/mol. The Morgan fingerprint density at radius 2 is 1.94 bits per heavy atom. The molecular formula is C7H6N2O6S2. The van der Waals surface area contributed by atoms with Crippen molar-refractivity contribution in [2.45, 2.75) is 0 Å². The van der Waals surface area contributed by atoms with Gasteiger partial charge < -0.3 is 0 Å². The molecule has 0 spiro atoms. The Morgan fingerprint density at radius 3 is 2.47 bits per heavy atom. The van der Waals surface area contributed by atoms with Gasteiger partial charge in [0.2, 0.25) is 0 Å². The topological polar surface area (TPSA) is 131 Å². The van der Waals surface area contributed by atoms with Crippen molar-refractivity contribution < 1.29 is 22.4 Å². The summed E-state index contributed by atoms with van der Waals surface area (Å²) in [6, 6.07) is 4.65. The van der Waals surface area contributed by atoms with Crippen LogP contribution in [0.4, 0.5) is 5.69 Å². The summed E-state index contributed by atoms with van der Waals surface area (Å²) in [6.45, 7) is 0. The summed E-state index contributed by atoms with van der Waals surface area (Å²) in [5.41, 5.74) is 2.60. The van der Waals surface area contributed by atoms with Gasteiger partial charge in [-0.2, -0.15) is 8.42 Å². The molecule has 0 aliphatic rings. The molecule has 1 aromatic heterocycles. The van der Waals surface area contributed by atoms with Crippen LogP contribution in [0.1, 0.15) is 0 Å². The number of nitro benzene ring substituents is 1. The van der Waals surface area contributed by atoms with Crippen LogP contribution in [0.2, 0.25) is 0 Å². The van der Waals surface area contributed by atoms with E-state index in [1.165, 1.54) is 23.5 Å². The summed E-state index contributed by atoms with van der Waals surface area (Å²) in [6.07, 6.45) is 0. The maximum absolute atomic E-state index is 10.4. The van der Waals surface area contributed by atoms with Gasteiger partial charge in [-0.05, 0) is 6.07 Å². The number of benzene rings is 1. The predicted molar refractivity (Wildman–Crippen MR) is 60.5 cm³/mol. The van der Waals surface area contributed by atoms with Crippen molar-refractivity contribution >= 4 is 37.6 Å². The monoisotopic (exact) mass is 278 g/mol. The molecule has 2 rings (SSSR count). The van der Waals surface area contributed by atoms with E-state index in [-0.39, 0.29) is 5.69 Å².